The molecule has 0 amide bonds. The zero-order valence-electron chi connectivity index (χ0n) is 17.0. The summed E-state index contributed by atoms with van der Waals surface area (Å²) in [5, 5.41) is 2.94. The Bertz CT molecular complexity index is 1030. The molecule has 1 heterocycles. The Morgan fingerprint density at radius 1 is 1.07 bits per heavy atom. The molecule has 158 valence electrons. The number of nitrogens with one attached hydrogen (secondary N) is 1. The first kappa shape index (κ1) is 22.2. The first-order valence-corrected chi connectivity index (χ1v) is 10.4. The number of ether oxygens (including phenoxy) is 1. The summed E-state index contributed by atoms with van der Waals surface area (Å²) >= 11 is 12.6. The molecule has 0 radical (unpaired) electrons. The summed E-state index contributed by atoms with van der Waals surface area (Å²) < 4.78 is 20.3. The molecule has 4 nitrogen and oxygen atoms in total. The second kappa shape index (κ2) is 9.54. The molecule has 0 fully saturated rings. The van der Waals surface area contributed by atoms with Gasteiger partial charge in [-0.3, -0.25) is 0 Å². The topological polar surface area (TPSA) is 60.2 Å². The van der Waals surface area contributed by atoms with Crippen LogP contribution in [0.4, 0.5) is 15.9 Å². The van der Waals surface area contributed by atoms with E-state index in [9.17, 15) is 4.39 Å². The van der Waals surface area contributed by atoms with Gasteiger partial charge in [0.15, 0.2) is 11.6 Å². The van der Waals surface area contributed by atoms with Crippen molar-refractivity contribution in [2.45, 2.75) is 32.6 Å². The molecule has 0 saturated heterocycles. The van der Waals surface area contributed by atoms with Crippen LogP contribution in [0.25, 0.3) is 0 Å². The van der Waals surface area contributed by atoms with Gasteiger partial charge in [0.2, 0.25) is 5.95 Å². The highest BCUT2D eigenvalue weighted by Crippen LogP contribution is 2.42. The average Bonchev–Trinajstić information content (AvgIpc) is 2.74. The van der Waals surface area contributed by atoms with Crippen LogP contribution in [0.1, 0.15) is 43.7 Å². The Labute approximate surface area is 186 Å². The molecule has 3 rings (SSSR count). The molecular formula is C23H24Cl2FN3O. The van der Waals surface area contributed by atoms with Crippen molar-refractivity contribution < 1.29 is 9.13 Å². The summed E-state index contributed by atoms with van der Waals surface area (Å²) in [6, 6.07) is 15.2. The number of hydrogen-bond acceptors (Lipinski definition) is 4. The van der Waals surface area contributed by atoms with Crippen molar-refractivity contribution >= 4 is 34.7 Å². The van der Waals surface area contributed by atoms with Gasteiger partial charge in [-0.2, -0.15) is 9.37 Å². The predicted octanol–water partition coefficient (Wildman–Crippen LogP) is 7.24. The van der Waals surface area contributed by atoms with Crippen molar-refractivity contribution in [3.8, 4) is 11.5 Å². The highest BCUT2D eigenvalue weighted by Gasteiger charge is 2.21. The lowest BCUT2D eigenvalue weighted by Gasteiger charge is -2.17. The molecule has 3 aromatic rings. The first-order valence-electron chi connectivity index (χ1n) is 9.68. The lowest BCUT2D eigenvalue weighted by Crippen LogP contribution is -2.12. The number of halogens is 3. The van der Waals surface area contributed by atoms with Crippen LogP contribution < -0.4 is 15.8 Å². The van der Waals surface area contributed by atoms with Gasteiger partial charge in [0.05, 0.1) is 0 Å². The van der Waals surface area contributed by atoms with Crippen LogP contribution in [0.15, 0.2) is 48.5 Å². The SMILES string of the molecule is CC(C)c1cc(Oc2c(Cl)c(F)nc(NCC(C)c3ccccc3)c2Cl)ccc1N. The van der Waals surface area contributed by atoms with Gasteiger partial charge in [-0.25, -0.2) is 0 Å². The van der Waals surface area contributed by atoms with E-state index in [1.54, 1.807) is 18.2 Å². The standard InChI is InChI=1S/C23H24Cl2FN3O/c1-13(2)17-11-16(9-10-18(17)27)30-21-19(24)22(26)29-23(20(21)25)28-12-14(3)15-7-5-4-6-8-15/h4-11,13-14H,12,27H2,1-3H3,(H,28,29). The van der Waals surface area contributed by atoms with Gasteiger partial charge < -0.3 is 15.8 Å². The number of benzene rings is 2. The molecule has 3 N–H and O–H groups in total. The molecule has 0 aliphatic rings. The number of nitrogens with two attached hydrogens (primary N) is 1. The van der Waals surface area contributed by atoms with Crippen LogP contribution in [-0.2, 0) is 0 Å². The van der Waals surface area contributed by atoms with Crippen molar-refractivity contribution in [1.82, 2.24) is 4.98 Å². The minimum Gasteiger partial charge on any atom is -0.454 e. The summed E-state index contributed by atoms with van der Waals surface area (Å²) in [6.07, 6.45) is 0. The van der Waals surface area contributed by atoms with E-state index in [0.717, 1.165) is 11.1 Å². The van der Waals surface area contributed by atoms with Gasteiger partial charge in [0, 0.05) is 12.2 Å². The largest absolute Gasteiger partial charge is 0.454 e. The van der Waals surface area contributed by atoms with Gasteiger partial charge in [-0.1, -0.05) is 74.3 Å². The van der Waals surface area contributed by atoms with E-state index in [0.29, 0.717) is 18.0 Å². The number of anilines is 2. The normalized spacial score (nSPS) is 12.1. The van der Waals surface area contributed by atoms with Crippen molar-refractivity contribution in [1.29, 1.82) is 0 Å². The first-order chi connectivity index (χ1) is 14.3. The Morgan fingerprint density at radius 2 is 1.77 bits per heavy atom. The molecule has 30 heavy (non-hydrogen) atoms. The predicted molar refractivity (Wildman–Crippen MR) is 123 cm³/mol. The molecule has 7 heteroatoms. The number of aromatic nitrogens is 1. The lowest BCUT2D eigenvalue weighted by molar-refractivity contribution is 0.472. The summed E-state index contributed by atoms with van der Waals surface area (Å²) in [6.45, 7) is 6.62. The van der Waals surface area contributed by atoms with Crippen molar-refractivity contribution in [2.24, 2.45) is 0 Å². The Balaban J connectivity index is 1.86. The van der Waals surface area contributed by atoms with E-state index in [4.69, 9.17) is 33.7 Å². The van der Waals surface area contributed by atoms with Crippen LogP contribution in [0.2, 0.25) is 10.0 Å². The van der Waals surface area contributed by atoms with E-state index in [2.05, 4.69) is 17.2 Å². The van der Waals surface area contributed by atoms with Crippen molar-refractivity contribution in [2.75, 3.05) is 17.6 Å². The molecule has 0 bridgehead atoms. The molecular weight excluding hydrogens is 424 g/mol. The second-order valence-corrected chi connectivity index (χ2v) is 8.20. The van der Waals surface area contributed by atoms with Gasteiger partial charge in [-0.15, -0.1) is 0 Å². The quantitative estimate of drug-likeness (QED) is 0.295. The number of pyridine rings is 1. The van der Waals surface area contributed by atoms with Crippen LogP contribution in [0.3, 0.4) is 0 Å². The van der Waals surface area contributed by atoms with Crippen LogP contribution in [-0.4, -0.2) is 11.5 Å². The average molecular weight is 448 g/mol. The maximum atomic E-state index is 14.4. The van der Waals surface area contributed by atoms with E-state index in [1.165, 1.54) is 0 Å². The van der Waals surface area contributed by atoms with Gasteiger partial charge >= 0.3 is 0 Å². The van der Waals surface area contributed by atoms with E-state index in [1.807, 2.05) is 44.2 Å². The molecule has 0 spiro atoms. The molecule has 0 saturated carbocycles. The molecule has 1 atom stereocenters. The maximum absolute atomic E-state index is 14.4. The van der Waals surface area contributed by atoms with E-state index >= 15 is 0 Å². The number of rotatable bonds is 7. The molecule has 0 aliphatic carbocycles. The fraction of sp³-hybridized carbons (Fsp3) is 0.261. The second-order valence-electron chi connectivity index (χ2n) is 7.45. The zero-order valence-corrected chi connectivity index (χ0v) is 18.6. The highest BCUT2D eigenvalue weighted by atomic mass is 35.5. The highest BCUT2D eigenvalue weighted by molar-refractivity contribution is 6.38. The summed E-state index contributed by atoms with van der Waals surface area (Å²) in [5.74, 6) is 0.163. The fourth-order valence-electron chi connectivity index (χ4n) is 3.08. The Morgan fingerprint density at radius 3 is 2.43 bits per heavy atom. The summed E-state index contributed by atoms with van der Waals surface area (Å²) in [5.41, 5.74) is 8.75. The van der Waals surface area contributed by atoms with Crippen molar-refractivity contribution in [3.05, 3.63) is 75.7 Å². The third kappa shape index (κ3) is 4.97. The number of hydrogen-bond donors (Lipinski definition) is 2. The third-order valence-corrected chi connectivity index (χ3v) is 5.52. The smallest absolute Gasteiger partial charge is 0.237 e. The van der Waals surface area contributed by atoms with Crippen LogP contribution in [0.5, 0.6) is 11.5 Å². The lowest BCUT2D eigenvalue weighted by atomic mass is 10.0. The van der Waals surface area contributed by atoms with Gasteiger partial charge in [0.25, 0.3) is 0 Å². The van der Waals surface area contributed by atoms with Gasteiger partial charge in [0.1, 0.15) is 15.8 Å². The minimum atomic E-state index is -0.856. The summed E-state index contributed by atoms with van der Waals surface area (Å²) in [7, 11) is 0. The van der Waals surface area contributed by atoms with Crippen molar-refractivity contribution in [3.63, 3.8) is 0 Å². The van der Waals surface area contributed by atoms with Crippen LogP contribution in [0, 0.1) is 5.95 Å². The number of nitrogens with zero attached hydrogens (tertiary/aromatic N) is 1. The molecule has 1 unspecified atom stereocenters. The maximum Gasteiger partial charge on any atom is 0.237 e. The zero-order chi connectivity index (χ0) is 21.8. The molecule has 1 aromatic heterocycles. The third-order valence-electron chi connectivity index (χ3n) is 4.84. The minimum absolute atomic E-state index is 0.0141. The molecule has 0 aliphatic heterocycles. The number of nitrogen functional groups attached to an aromatic ring is 1. The Kier molecular flexibility index (Phi) is 7.06. The van der Waals surface area contributed by atoms with Crippen LogP contribution >= 0.6 is 23.2 Å². The Hall–Kier alpha value is -2.50. The molecule has 2 aromatic carbocycles. The van der Waals surface area contributed by atoms with Gasteiger partial charge in [-0.05, 0) is 41.2 Å². The van der Waals surface area contributed by atoms with E-state index in [-0.39, 0.29) is 33.4 Å². The summed E-state index contributed by atoms with van der Waals surface area (Å²) in [4.78, 5) is 3.86. The fourth-order valence-corrected chi connectivity index (χ4v) is 3.55. The monoisotopic (exact) mass is 447 g/mol. The van der Waals surface area contributed by atoms with E-state index < -0.39 is 5.95 Å².